The molecule has 0 spiro atoms. The van der Waals surface area contributed by atoms with Crippen molar-refractivity contribution in [3.05, 3.63) is 70.3 Å². The fourth-order valence-electron chi connectivity index (χ4n) is 4.00. The second-order valence-corrected chi connectivity index (χ2v) is 8.01. The number of amides is 1. The smallest absolute Gasteiger partial charge is 0.242 e. The van der Waals surface area contributed by atoms with Crippen LogP contribution < -0.4 is 10.3 Å². The Morgan fingerprint density at radius 1 is 0.931 bits per heavy atom. The highest BCUT2D eigenvalue weighted by Gasteiger charge is 2.23. The van der Waals surface area contributed by atoms with Crippen molar-refractivity contribution in [2.45, 2.75) is 6.54 Å². The highest BCUT2D eigenvalue weighted by atomic mass is 32.1. The van der Waals surface area contributed by atoms with Gasteiger partial charge in [-0.2, -0.15) is 0 Å². The van der Waals surface area contributed by atoms with Crippen LogP contribution in [0.15, 0.2) is 64.9 Å². The van der Waals surface area contributed by atoms with Gasteiger partial charge in [0, 0.05) is 48.5 Å². The van der Waals surface area contributed by atoms with Crippen molar-refractivity contribution in [3.8, 4) is 0 Å². The monoisotopic (exact) mass is 404 g/mol. The van der Waals surface area contributed by atoms with Crippen molar-refractivity contribution >= 4 is 44.2 Å². The van der Waals surface area contributed by atoms with Crippen LogP contribution in [0.25, 0.3) is 21.8 Å². The van der Waals surface area contributed by atoms with Crippen LogP contribution in [0.1, 0.15) is 0 Å². The van der Waals surface area contributed by atoms with E-state index in [-0.39, 0.29) is 17.9 Å². The van der Waals surface area contributed by atoms with Gasteiger partial charge in [0.25, 0.3) is 0 Å². The highest BCUT2D eigenvalue weighted by molar-refractivity contribution is 7.13. The summed E-state index contributed by atoms with van der Waals surface area (Å²) in [5, 5.41) is 4.27. The number of anilines is 1. The Morgan fingerprint density at radius 3 is 2.14 bits per heavy atom. The number of carbonyl (C=O) groups excluding carboxylic acids is 1. The van der Waals surface area contributed by atoms with Crippen molar-refractivity contribution in [3.63, 3.8) is 0 Å². The number of aromatic nitrogens is 2. The fourth-order valence-corrected chi connectivity index (χ4v) is 4.70. The van der Waals surface area contributed by atoms with Crippen LogP contribution in [-0.4, -0.2) is 46.5 Å². The topological polar surface area (TPSA) is 58.4 Å². The van der Waals surface area contributed by atoms with Crippen molar-refractivity contribution in [2.24, 2.45) is 0 Å². The van der Waals surface area contributed by atoms with E-state index in [1.807, 2.05) is 69.6 Å². The molecule has 0 radical (unpaired) electrons. The maximum Gasteiger partial charge on any atom is 0.242 e. The summed E-state index contributed by atoms with van der Waals surface area (Å²) in [4.78, 5) is 34.5. The lowest BCUT2D eigenvalue weighted by atomic mass is 10.1. The Labute approximate surface area is 171 Å². The van der Waals surface area contributed by atoms with E-state index in [4.69, 9.17) is 0 Å². The molecule has 1 aliphatic heterocycles. The second-order valence-electron chi connectivity index (χ2n) is 7.13. The van der Waals surface area contributed by atoms with Crippen molar-refractivity contribution in [1.82, 2.24) is 14.5 Å². The van der Waals surface area contributed by atoms with Gasteiger partial charge in [0.15, 0.2) is 10.6 Å². The van der Waals surface area contributed by atoms with Crippen molar-refractivity contribution in [1.29, 1.82) is 0 Å². The summed E-state index contributed by atoms with van der Waals surface area (Å²) in [7, 11) is 0. The van der Waals surface area contributed by atoms with Gasteiger partial charge in [-0.3, -0.25) is 9.59 Å². The summed E-state index contributed by atoms with van der Waals surface area (Å²) in [6, 6.07) is 15.0. The third-order valence-corrected chi connectivity index (χ3v) is 6.33. The SMILES string of the molecule is O=C(Cn1c2ccccc2c(=O)c2ccccc21)N1CCN(c2nccs2)CC1. The minimum atomic E-state index is 0.0111. The molecule has 0 bridgehead atoms. The maximum atomic E-state index is 13.1. The van der Waals surface area contributed by atoms with E-state index in [0.29, 0.717) is 23.9 Å². The number of rotatable bonds is 3. The Hall–Kier alpha value is -3.19. The Bertz CT molecular complexity index is 1180. The molecule has 1 saturated heterocycles. The Kier molecular flexibility index (Phi) is 4.52. The summed E-state index contributed by atoms with van der Waals surface area (Å²) in [6.45, 7) is 3.14. The molecule has 6 nitrogen and oxygen atoms in total. The number of fused-ring (bicyclic) bond motifs is 2. The number of pyridine rings is 1. The molecular formula is C22H20N4O2S. The minimum absolute atomic E-state index is 0.0111. The number of carbonyl (C=O) groups is 1. The molecule has 0 atom stereocenters. The molecule has 1 amide bonds. The predicted octanol–water partition coefficient (Wildman–Crippen LogP) is 2.96. The van der Waals surface area contributed by atoms with E-state index in [9.17, 15) is 9.59 Å². The number of benzene rings is 2. The summed E-state index contributed by atoms with van der Waals surface area (Å²) >= 11 is 1.62. The number of hydrogen-bond donors (Lipinski definition) is 0. The fraction of sp³-hybridized carbons (Fsp3) is 0.227. The largest absolute Gasteiger partial charge is 0.345 e. The molecule has 1 fully saturated rings. The number of hydrogen-bond acceptors (Lipinski definition) is 5. The molecule has 5 rings (SSSR count). The lowest BCUT2D eigenvalue weighted by Crippen LogP contribution is -2.49. The van der Waals surface area contributed by atoms with E-state index in [1.165, 1.54) is 0 Å². The van der Waals surface area contributed by atoms with Gasteiger partial charge in [-0.05, 0) is 24.3 Å². The average Bonchev–Trinajstić information content (AvgIpc) is 3.32. The third kappa shape index (κ3) is 3.17. The van der Waals surface area contributed by atoms with Gasteiger partial charge >= 0.3 is 0 Å². The lowest BCUT2D eigenvalue weighted by molar-refractivity contribution is -0.132. The van der Waals surface area contributed by atoms with E-state index >= 15 is 0 Å². The van der Waals surface area contributed by atoms with Crippen LogP contribution in [0.3, 0.4) is 0 Å². The van der Waals surface area contributed by atoms with E-state index in [0.717, 1.165) is 29.3 Å². The minimum Gasteiger partial charge on any atom is -0.345 e. The van der Waals surface area contributed by atoms with Crippen LogP contribution in [0.5, 0.6) is 0 Å². The third-order valence-electron chi connectivity index (χ3n) is 5.49. The molecule has 146 valence electrons. The zero-order valence-corrected chi connectivity index (χ0v) is 16.6. The second kappa shape index (κ2) is 7.33. The number of para-hydroxylation sites is 2. The van der Waals surface area contributed by atoms with Gasteiger partial charge in [-0.25, -0.2) is 4.98 Å². The summed E-state index contributed by atoms with van der Waals surface area (Å²) in [5.74, 6) is 0.0720. The Balaban J connectivity index is 1.45. The van der Waals surface area contributed by atoms with Crippen molar-refractivity contribution in [2.75, 3.05) is 31.1 Å². The van der Waals surface area contributed by atoms with Crippen molar-refractivity contribution < 1.29 is 4.79 Å². The molecule has 0 aliphatic carbocycles. The molecule has 3 heterocycles. The summed E-state index contributed by atoms with van der Waals surface area (Å²) in [6.07, 6.45) is 1.81. The van der Waals surface area contributed by atoms with Crippen LogP contribution in [-0.2, 0) is 11.3 Å². The standard InChI is InChI=1S/C22H20N4O2S/c27-20(24-10-12-25(13-11-24)22-23-9-14-29-22)15-26-18-7-3-1-5-16(18)21(28)17-6-2-4-8-19(17)26/h1-9,14H,10-13,15H2. The van der Waals surface area contributed by atoms with Gasteiger partial charge in [-0.1, -0.05) is 24.3 Å². The molecule has 2 aromatic heterocycles. The predicted molar refractivity (Wildman–Crippen MR) is 117 cm³/mol. The van der Waals surface area contributed by atoms with Gasteiger partial charge in [0.1, 0.15) is 6.54 Å². The summed E-state index contributed by atoms with van der Waals surface area (Å²) in [5.41, 5.74) is 1.61. The number of nitrogens with zero attached hydrogens (tertiary/aromatic N) is 4. The normalized spacial score (nSPS) is 14.6. The van der Waals surface area contributed by atoms with Crippen LogP contribution in [0.4, 0.5) is 5.13 Å². The lowest BCUT2D eigenvalue weighted by Gasteiger charge is -2.35. The van der Waals surface area contributed by atoms with E-state index in [1.54, 1.807) is 11.3 Å². The summed E-state index contributed by atoms with van der Waals surface area (Å²) < 4.78 is 1.97. The quantitative estimate of drug-likeness (QED) is 0.493. The van der Waals surface area contributed by atoms with Gasteiger partial charge in [-0.15, -0.1) is 11.3 Å². The first-order valence-corrected chi connectivity index (χ1v) is 10.5. The maximum absolute atomic E-state index is 13.1. The average molecular weight is 404 g/mol. The molecule has 7 heteroatoms. The van der Waals surface area contributed by atoms with E-state index in [2.05, 4.69) is 9.88 Å². The first kappa shape index (κ1) is 17.9. The van der Waals surface area contributed by atoms with Gasteiger partial charge < -0.3 is 14.4 Å². The molecule has 1 aliphatic rings. The van der Waals surface area contributed by atoms with Crippen LogP contribution >= 0.6 is 11.3 Å². The van der Waals surface area contributed by atoms with Crippen LogP contribution in [0, 0.1) is 0 Å². The first-order chi connectivity index (χ1) is 14.2. The molecular weight excluding hydrogens is 384 g/mol. The van der Waals surface area contributed by atoms with Gasteiger partial charge in [0.2, 0.25) is 5.91 Å². The van der Waals surface area contributed by atoms with Crippen LogP contribution in [0.2, 0.25) is 0 Å². The zero-order valence-electron chi connectivity index (χ0n) is 15.8. The molecule has 0 unspecified atom stereocenters. The zero-order chi connectivity index (χ0) is 19.8. The number of thiazole rings is 1. The molecule has 0 N–H and O–H groups in total. The number of piperazine rings is 1. The molecule has 2 aromatic carbocycles. The molecule has 4 aromatic rings. The van der Waals surface area contributed by atoms with E-state index < -0.39 is 0 Å². The highest BCUT2D eigenvalue weighted by Crippen LogP contribution is 2.21. The molecule has 0 saturated carbocycles. The van der Waals surface area contributed by atoms with Gasteiger partial charge in [0.05, 0.1) is 11.0 Å². The Morgan fingerprint density at radius 2 is 1.55 bits per heavy atom. The first-order valence-electron chi connectivity index (χ1n) is 9.65. The molecule has 29 heavy (non-hydrogen) atoms.